The number of alkyl halides is 6. The topological polar surface area (TPSA) is 143 Å². The molecular formula is C39H27F10N11O2. The molecule has 0 aliphatic carbocycles. The summed E-state index contributed by atoms with van der Waals surface area (Å²) in [6.07, 6.45) is -3.22. The number of anilines is 2. The molecule has 23 heteroatoms. The fourth-order valence-electron chi connectivity index (χ4n) is 5.94. The Morgan fingerprint density at radius 1 is 0.532 bits per heavy atom. The highest BCUT2D eigenvalue weighted by Gasteiger charge is 2.39. The van der Waals surface area contributed by atoms with Crippen LogP contribution in [0.25, 0.3) is 33.7 Å². The fourth-order valence-corrected chi connectivity index (χ4v) is 5.94. The van der Waals surface area contributed by atoms with Gasteiger partial charge in [0.05, 0.1) is 73.5 Å². The lowest BCUT2D eigenvalue weighted by atomic mass is 10.2. The van der Waals surface area contributed by atoms with Gasteiger partial charge in [0.1, 0.15) is 46.4 Å². The Morgan fingerprint density at radius 3 is 1.32 bits per heavy atom. The Kier molecular flexibility index (Phi) is 11.8. The molecule has 0 unspecified atom stereocenters. The Labute approximate surface area is 342 Å². The monoisotopic (exact) mass is 871 g/mol. The molecule has 3 aromatic carbocycles. The smallest absolute Gasteiger partial charge is 0.450 e. The van der Waals surface area contributed by atoms with Crippen LogP contribution in [0.2, 0.25) is 0 Å². The molecule has 13 nitrogen and oxygen atoms in total. The summed E-state index contributed by atoms with van der Waals surface area (Å²) >= 11 is 0. The Bertz CT molecular complexity index is 2630. The molecule has 0 saturated heterocycles. The van der Waals surface area contributed by atoms with Crippen molar-refractivity contribution in [3.63, 3.8) is 0 Å². The number of nitrogens with zero attached hydrogens (tertiary/aromatic N) is 9. The van der Waals surface area contributed by atoms with E-state index >= 15 is 0 Å². The van der Waals surface area contributed by atoms with E-state index in [-0.39, 0.29) is 69.6 Å². The molecule has 0 atom stereocenters. The summed E-state index contributed by atoms with van der Waals surface area (Å²) < 4.78 is 148. The minimum atomic E-state index is -4.75. The third-order valence-corrected chi connectivity index (χ3v) is 8.87. The summed E-state index contributed by atoms with van der Waals surface area (Å²) in [6, 6.07) is 12.1. The molecule has 8 aromatic rings. The minimum absolute atomic E-state index is 0.0688. The highest BCUT2D eigenvalue weighted by Crippen LogP contribution is 2.36. The fraction of sp³-hybridized carbons (Fsp3) is 0.154. The highest BCUT2D eigenvalue weighted by atomic mass is 19.4. The minimum Gasteiger partial charge on any atom is -0.497 e. The van der Waals surface area contributed by atoms with Crippen LogP contribution in [0.15, 0.2) is 91.8 Å². The number of rotatable bonds is 10. The third kappa shape index (κ3) is 8.95. The number of pyridine rings is 1. The summed E-state index contributed by atoms with van der Waals surface area (Å²) in [4.78, 5) is 26.8. The van der Waals surface area contributed by atoms with E-state index in [1.54, 1.807) is 0 Å². The molecule has 0 bridgehead atoms. The number of aromatic nitrogens is 9. The molecule has 0 saturated carbocycles. The number of methoxy groups -OCH3 is 2. The molecule has 0 amide bonds. The molecule has 5 aromatic heterocycles. The van der Waals surface area contributed by atoms with Crippen LogP contribution in [-0.4, -0.2) is 58.2 Å². The van der Waals surface area contributed by atoms with E-state index in [1.807, 2.05) is 0 Å². The van der Waals surface area contributed by atoms with Gasteiger partial charge >= 0.3 is 12.4 Å². The lowest BCUT2D eigenvalue weighted by Crippen LogP contribution is -2.15. The van der Waals surface area contributed by atoms with Crippen molar-refractivity contribution in [3.05, 3.63) is 138 Å². The maximum absolute atomic E-state index is 13.7. The van der Waals surface area contributed by atoms with E-state index in [0.29, 0.717) is 11.5 Å². The Morgan fingerprint density at radius 2 is 0.952 bits per heavy atom. The first-order chi connectivity index (χ1) is 29.5. The maximum atomic E-state index is 13.7. The van der Waals surface area contributed by atoms with E-state index in [0.717, 1.165) is 52.3 Å². The highest BCUT2D eigenvalue weighted by molar-refractivity contribution is 5.80. The molecule has 0 fully saturated rings. The van der Waals surface area contributed by atoms with Crippen LogP contribution in [0.3, 0.4) is 0 Å². The summed E-state index contributed by atoms with van der Waals surface area (Å²) in [5.74, 6) is -4.78. The lowest BCUT2D eigenvalue weighted by molar-refractivity contribution is -0.146. The van der Waals surface area contributed by atoms with E-state index in [4.69, 9.17) is 9.47 Å². The Hall–Kier alpha value is -7.59. The van der Waals surface area contributed by atoms with Gasteiger partial charge in [-0.15, -0.1) is 0 Å². The number of fused-ring (bicyclic) bond motifs is 2. The van der Waals surface area contributed by atoms with Crippen LogP contribution < -0.4 is 20.1 Å². The first kappa shape index (κ1) is 42.5. The van der Waals surface area contributed by atoms with Crippen LogP contribution in [0.5, 0.6) is 11.5 Å². The zero-order chi connectivity index (χ0) is 44.3. The van der Waals surface area contributed by atoms with Gasteiger partial charge in [-0.05, 0) is 36.4 Å². The first-order valence-corrected chi connectivity index (χ1v) is 17.7. The maximum Gasteiger partial charge on any atom is 0.450 e. The van der Waals surface area contributed by atoms with Crippen molar-refractivity contribution < 1.29 is 53.4 Å². The molecule has 0 aliphatic heterocycles. The number of benzene rings is 3. The second kappa shape index (κ2) is 17.2. The summed E-state index contributed by atoms with van der Waals surface area (Å²) in [5.41, 5.74) is 0.0164. The Balaban J connectivity index is 0.000000186. The summed E-state index contributed by atoms with van der Waals surface area (Å²) in [5, 5.41) is 5.36. The molecule has 8 rings (SSSR count). The molecule has 5 heterocycles. The van der Waals surface area contributed by atoms with Crippen LogP contribution in [-0.2, 0) is 25.4 Å². The zero-order valence-corrected chi connectivity index (χ0v) is 31.7. The number of hydrogen-bond acceptors (Lipinski definition) is 11. The van der Waals surface area contributed by atoms with Crippen LogP contribution in [0, 0.1) is 23.3 Å². The van der Waals surface area contributed by atoms with Gasteiger partial charge in [0.15, 0.2) is 11.6 Å². The van der Waals surface area contributed by atoms with Gasteiger partial charge in [-0.3, -0.25) is 14.1 Å². The van der Waals surface area contributed by atoms with Gasteiger partial charge in [-0.2, -0.15) is 26.3 Å². The van der Waals surface area contributed by atoms with Crippen molar-refractivity contribution in [2.24, 2.45) is 0 Å². The van der Waals surface area contributed by atoms with Crippen molar-refractivity contribution in [3.8, 4) is 23.1 Å². The number of halogens is 10. The van der Waals surface area contributed by atoms with Gasteiger partial charge in [0.25, 0.3) is 0 Å². The molecular weight excluding hydrogens is 844 g/mol. The van der Waals surface area contributed by atoms with Crippen molar-refractivity contribution >= 4 is 33.7 Å². The van der Waals surface area contributed by atoms with Crippen LogP contribution in [0.4, 0.5) is 55.5 Å². The van der Waals surface area contributed by atoms with E-state index in [9.17, 15) is 43.9 Å². The van der Waals surface area contributed by atoms with Crippen LogP contribution >= 0.6 is 0 Å². The number of nitrogens with one attached hydrogen (secondary N) is 2. The molecule has 2 N–H and O–H groups in total. The van der Waals surface area contributed by atoms with Crippen molar-refractivity contribution in [1.29, 1.82) is 0 Å². The predicted octanol–water partition coefficient (Wildman–Crippen LogP) is 8.86. The molecule has 62 heavy (non-hydrogen) atoms. The summed E-state index contributed by atoms with van der Waals surface area (Å²) in [6.45, 7) is -0.468. The average Bonchev–Trinajstić information content (AvgIpc) is 3.83. The quantitative estimate of drug-likeness (QED) is 0.127. The second-order valence-electron chi connectivity index (χ2n) is 12.8. The van der Waals surface area contributed by atoms with Gasteiger partial charge in [0, 0.05) is 36.3 Å². The van der Waals surface area contributed by atoms with E-state index in [1.165, 1.54) is 62.9 Å². The number of hydrogen-bond donors (Lipinski definition) is 2. The number of imidazole rings is 2. The van der Waals surface area contributed by atoms with Crippen molar-refractivity contribution in [2.45, 2.75) is 25.4 Å². The van der Waals surface area contributed by atoms with Crippen molar-refractivity contribution in [1.82, 2.24) is 44.0 Å². The SMILES string of the molecule is COc1ccc2c(c1)nc(C(F)(F)F)n2-c1cnc(NCc2c(F)cccc2F)cn1.COc1ccc2c(c1)nc(C(F)(F)F)n2-c1cnc(NCc2c(F)cncc2F)cn1. The van der Waals surface area contributed by atoms with E-state index < -0.39 is 47.3 Å². The molecule has 0 spiro atoms. The molecule has 0 radical (unpaired) electrons. The summed E-state index contributed by atoms with van der Waals surface area (Å²) in [7, 11) is 2.79. The van der Waals surface area contributed by atoms with Gasteiger partial charge in [-0.25, -0.2) is 47.5 Å². The largest absolute Gasteiger partial charge is 0.497 e. The van der Waals surface area contributed by atoms with Crippen LogP contribution in [0.1, 0.15) is 22.8 Å². The molecule has 320 valence electrons. The zero-order valence-electron chi connectivity index (χ0n) is 31.7. The number of ether oxygens (including phenoxy) is 2. The lowest BCUT2D eigenvalue weighted by Gasteiger charge is -2.11. The first-order valence-electron chi connectivity index (χ1n) is 17.7. The van der Waals surface area contributed by atoms with E-state index in [2.05, 4.69) is 45.5 Å². The van der Waals surface area contributed by atoms with Gasteiger partial charge in [0.2, 0.25) is 11.6 Å². The predicted molar refractivity (Wildman–Crippen MR) is 202 cm³/mol. The standard InChI is InChI=1S/C20H14F5N5O.C19H13F5N6O/c1-31-11-5-6-16-15(7-11)29-19(20(23,24)25)30(16)18-10-27-17(9-28-18)26-8-12-13(21)3-2-4-14(12)22;1-31-10-2-3-15-14(4-10)29-18(19(22,23)24)30(15)17-9-27-16(8-28-17)26-5-11-12(20)6-25-7-13(11)21/h2-7,9-10H,8H2,1H3,(H,26,27);2-4,6-9H,5H2,1H3,(H,26,27). The van der Waals surface area contributed by atoms with Gasteiger partial charge < -0.3 is 20.1 Å². The van der Waals surface area contributed by atoms with Crippen molar-refractivity contribution in [2.75, 3.05) is 24.9 Å². The molecule has 0 aliphatic rings. The average molecular weight is 872 g/mol. The second-order valence-corrected chi connectivity index (χ2v) is 12.8. The van der Waals surface area contributed by atoms with Gasteiger partial charge in [-0.1, -0.05) is 6.07 Å². The normalized spacial score (nSPS) is 11.7. The third-order valence-electron chi connectivity index (χ3n) is 8.87.